The molecule has 1 rings (SSSR count). The Morgan fingerprint density at radius 3 is 2.35 bits per heavy atom. The van der Waals surface area contributed by atoms with Gasteiger partial charge < -0.3 is 0 Å². The molecule has 1 aromatic carbocycles. The van der Waals surface area contributed by atoms with Gasteiger partial charge in [0, 0.05) is 12.7 Å². The van der Waals surface area contributed by atoms with Gasteiger partial charge in [-0.25, -0.2) is 8.42 Å². The van der Waals surface area contributed by atoms with Gasteiger partial charge in [0.15, 0.2) is 0 Å². The molecule has 0 spiro atoms. The van der Waals surface area contributed by atoms with Gasteiger partial charge in [0.05, 0.1) is 4.90 Å². The SMILES string of the molecule is C=CN(CCCC)S(=O)(=O)c1ccc(C)cc1. The Morgan fingerprint density at radius 1 is 1.29 bits per heavy atom. The van der Waals surface area contributed by atoms with Gasteiger partial charge in [0.2, 0.25) is 0 Å². The zero-order valence-electron chi connectivity index (χ0n) is 10.4. The molecule has 0 radical (unpaired) electrons. The van der Waals surface area contributed by atoms with Gasteiger partial charge in [0.1, 0.15) is 0 Å². The van der Waals surface area contributed by atoms with E-state index in [0.29, 0.717) is 11.4 Å². The molecular formula is C13H19NO2S. The maximum Gasteiger partial charge on any atom is 0.263 e. The molecule has 3 nitrogen and oxygen atoms in total. The van der Waals surface area contributed by atoms with E-state index in [1.165, 1.54) is 10.5 Å². The predicted molar refractivity (Wildman–Crippen MR) is 70.2 cm³/mol. The van der Waals surface area contributed by atoms with Crippen LogP contribution in [0.4, 0.5) is 0 Å². The van der Waals surface area contributed by atoms with Crippen molar-refractivity contribution in [2.24, 2.45) is 0 Å². The molecule has 0 aromatic heterocycles. The quantitative estimate of drug-likeness (QED) is 0.781. The predicted octanol–water partition coefficient (Wildman–Crippen LogP) is 2.93. The highest BCUT2D eigenvalue weighted by molar-refractivity contribution is 7.89. The van der Waals surface area contributed by atoms with Gasteiger partial charge in [-0.2, -0.15) is 0 Å². The second-order valence-electron chi connectivity index (χ2n) is 3.96. The van der Waals surface area contributed by atoms with Crippen LogP contribution in [-0.4, -0.2) is 19.3 Å². The lowest BCUT2D eigenvalue weighted by Crippen LogP contribution is -2.26. The van der Waals surface area contributed by atoms with Gasteiger partial charge in [-0.1, -0.05) is 37.6 Å². The molecule has 0 aliphatic heterocycles. The summed E-state index contributed by atoms with van der Waals surface area (Å²) in [6, 6.07) is 6.86. The third kappa shape index (κ3) is 3.33. The van der Waals surface area contributed by atoms with Crippen molar-refractivity contribution < 1.29 is 8.42 Å². The van der Waals surface area contributed by atoms with Crippen LogP contribution in [0.25, 0.3) is 0 Å². The zero-order chi connectivity index (χ0) is 12.9. The maximum atomic E-state index is 12.2. The smallest absolute Gasteiger partial charge is 0.263 e. The van der Waals surface area contributed by atoms with Crippen molar-refractivity contribution in [2.45, 2.75) is 31.6 Å². The molecule has 4 heteroatoms. The summed E-state index contributed by atoms with van der Waals surface area (Å²) in [6.07, 6.45) is 3.16. The van der Waals surface area contributed by atoms with Crippen LogP contribution in [-0.2, 0) is 10.0 Å². The number of nitrogens with zero attached hydrogens (tertiary/aromatic N) is 1. The number of sulfonamides is 1. The zero-order valence-corrected chi connectivity index (χ0v) is 11.2. The average molecular weight is 253 g/mol. The van der Waals surface area contributed by atoms with E-state index in [2.05, 4.69) is 6.58 Å². The summed E-state index contributed by atoms with van der Waals surface area (Å²) in [5, 5.41) is 0. The molecule has 0 fully saturated rings. The molecule has 0 atom stereocenters. The lowest BCUT2D eigenvalue weighted by Gasteiger charge is -2.19. The molecule has 0 unspecified atom stereocenters. The molecular weight excluding hydrogens is 234 g/mol. The molecule has 0 amide bonds. The maximum absolute atomic E-state index is 12.2. The highest BCUT2D eigenvalue weighted by Crippen LogP contribution is 2.17. The van der Waals surface area contributed by atoms with E-state index in [1.807, 2.05) is 13.8 Å². The van der Waals surface area contributed by atoms with Crippen LogP contribution in [0.2, 0.25) is 0 Å². The van der Waals surface area contributed by atoms with E-state index >= 15 is 0 Å². The van der Waals surface area contributed by atoms with E-state index < -0.39 is 10.0 Å². The van der Waals surface area contributed by atoms with Crippen molar-refractivity contribution >= 4 is 10.0 Å². The van der Waals surface area contributed by atoms with E-state index in [-0.39, 0.29) is 0 Å². The fourth-order valence-electron chi connectivity index (χ4n) is 1.47. The highest BCUT2D eigenvalue weighted by Gasteiger charge is 2.19. The van der Waals surface area contributed by atoms with Gasteiger partial charge >= 0.3 is 0 Å². The third-order valence-electron chi connectivity index (χ3n) is 2.56. The van der Waals surface area contributed by atoms with Crippen LogP contribution in [0.5, 0.6) is 0 Å². The molecule has 0 heterocycles. The second kappa shape index (κ2) is 5.87. The van der Waals surface area contributed by atoms with Crippen LogP contribution in [0, 0.1) is 6.92 Å². The number of unbranched alkanes of at least 4 members (excludes halogenated alkanes) is 1. The molecule has 0 bridgehead atoms. The number of hydrogen-bond donors (Lipinski definition) is 0. The summed E-state index contributed by atoms with van der Waals surface area (Å²) in [5.41, 5.74) is 1.04. The Kier molecular flexibility index (Phi) is 4.75. The summed E-state index contributed by atoms with van der Waals surface area (Å²) < 4.78 is 25.8. The van der Waals surface area contributed by atoms with Gasteiger partial charge in [-0.05, 0) is 25.5 Å². The summed E-state index contributed by atoms with van der Waals surface area (Å²) >= 11 is 0. The minimum Gasteiger partial charge on any atom is -0.274 e. The van der Waals surface area contributed by atoms with Crippen LogP contribution >= 0.6 is 0 Å². The minimum absolute atomic E-state index is 0.319. The Morgan fingerprint density at radius 2 is 1.88 bits per heavy atom. The van der Waals surface area contributed by atoms with Gasteiger partial charge in [0.25, 0.3) is 10.0 Å². The van der Waals surface area contributed by atoms with E-state index in [0.717, 1.165) is 18.4 Å². The number of aryl methyl sites for hydroxylation is 1. The molecule has 0 saturated carbocycles. The first-order valence-corrected chi connectivity index (χ1v) is 7.17. The standard InChI is InChI=1S/C13H19NO2S/c1-4-6-11-14(5-2)17(15,16)13-9-7-12(3)8-10-13/h5,7-10H,2,4,6,11H2,1,3H3. The Bertz CT molecular complexity index is 463. The number of rotatable bonds is 6. The Hall–Kier alpha value is -1.29. The van der Waals surface area contributed by atoms with Crippen molar-refractivity contribution in [1.82, 2.24) is 4.31 Å². The van der Waals surface area contributed by atoms with E-state index in [4.69, 9.17) is 0 Å². The minimum atomic E-state index is -3.42. The molecule has 0 N–H and O–H groups in total. The summed E-state index contributed by atoms with van der Waals surface area (Å²) in [7, 11) is -3.42. The topological polar surface area (TPSA) is 37.4 Å². The molecule has 1 aromatic rings. The average Bonchev–Trinajstić information content (AvgIpc) is 2.30. The molecule has 0 aliphatic carbocycles. The number of hydrogen-bond acceptors (Lipinski definition) is 2. The first-order valence-electron chi connectivity index (χ1n) is 5.73. The first kappa shape index (κ1) is 13.8. The first-order chi connectivity index (χ1) is 8.02. The van der Waals surface area contributed by atoms with Crippen molar-refractivity contribution in [2.75, 3.05) is 6.54 Å². The van der Waals surface area contributed by atoms with Crippen molar-refractivity contribution in [3.05, 3.63) is 42.6 Å². The van der Waals surface area contributed by atoms with E-state index in [9.17, 15) is 8.42 Å². The lowest BCUT2D eigenvalue weighted by molar-refractivity contribution is 0.487. The van der Waals surface area contributed by atoms with Crippen LogP contribution in [0.15, 0.2) is 41.9 Å². The summed E-state index contributed by atoms with van der Waals surface area (Å²) in [6.45, 7) is 8.01. The van der Waals surface area contributed by atoms with Crippen LogP contribution < -0.4 is 0 Å². The molecule has 0 saturated heterocycles. The monoisotopic (exact) mass is 253 g/mol. The van der Waals surface area contributed by atoms with Crippen molar-refractivity contribution in [1.29, 1.82) is 0 Å². The van der Waals surface area contributed by atoms with E-state index in [1.54, 1.807) is 24.3 Å². The van der Waals surface area contributed by atoms with Gasteiger partial charge in [-0.15, -0.1) is 0 Å². The molecule has 17 heavy (non-hydrogen) atoms. The number of benzene rings is 1. The normalized spacial score (nSPS) is 11.2. The van der Waals surface area contributed by atoms with Crippen LogP contribution in [0.3, 0.4) is 0 Å². The van der Waals surface area contributed by atoms with Crippen molar-refractivity contribution in [3.63, 3.8) is 0 Å². The highest BCUT2D eigenvalue weighted by atomic mass is 32.2. The largest absolute Gasteiger partial charge is 0.274 e. The third-order valence-corrected chi connectivity index (χ3v) is 4.38. The Labute approximate surface area is 104 Å². The lowest BCUT2D eigenvalue weighted by atomic mass is 10.2. The van der Waals surface area contributed by atoms with Crippen molar-refractivity contribution in [3.8, 4) is 0 Å². The summed E-state index contributed by atoms with van der Waals surface area (Å²) in [5.74, 6) is 0. The van der Waals surface area contributed by atoms with Crippen LogP contribution in [0.1, 0.15) is 25.3 Å². The van der Waals surface area contributed by atoms with Gasteiger partial charge in [-0.3, -0.25) is 4.31 Å². The Balaban J connectivity index is 2.99. The fraction of sp³-hybridized carbons (Fsp3) is 0.385. The molecule has 0 aliphatic rings. The molecule has 94 valence electrons. The second-order valence-corrected chi connectivity index (χ2v) is 5.86. The fourth-order valence-corrected chi connectivity index (χ4v) is 2.79. The summed E-state index contributed by atoms with van der Waals surface area (Å²) in [4.78, 5) is 0.319.